The number of ether oxygens (including phenoxy) is 2. The van der Waals surface area contributed by atoms with Crippen molar-refractivity contribution in [1.29, 1.82) is 0 Å². The van der Waals surface area contributed by atoms with E-state index in [0.717, 1.165) is 30.6 Å². The Morgan fingerprint density at radius 3 is 2.48 bits per heavy atom. The van der Waals surface area contributed by atoms with Crippen molar-refractivity contribution in [1.82, 2.24) is 0 Å². The second kappa shape index (κ2) is 9.35. The van der Waals surface area contributed by atoms with Crippen molar-refractivity contribution in [3.05, 3.63) is 29.8 Å². The number of Topliss-reactive ketones (excluding diaryl/α,β-unsaturated/α-hetero) is 2. The van der Waals surface area contributed by atoms with E-state index in [-0.39, 0.29) is 31.0 Å². The topological polar surface area (TPSA) is 69.7 Å². The first-order valence-electron chi connectivity index (χ1n) is 9.00. The molecule has 1 aliphatic rings. The fourth-order valence-electron chi connectivity index (χ4n) is 3.16. The number of carbonyl (C=O) groups excluding carboxylic acids is 3. The van der Waals surface area contributed by atoms with Crippen molar-refractivity contribution in [3.63, 3.8) is 0 Å². The van der Waals surface area contributed by atoms with Gasteiger partial charge in [0.1, 0.15) is 17.5 Å². The van der Waals surface area contributed by atoms with Crippen LogP contribution in [-0.2, 0) is 19.1 Å². The summed E-state index contributed by atoms with van der Waals surface area (Å²) in [6.07, 6.45) is 3.28. The Bertz CT molecular complexity index is 605. The van der Waals surface area contributed by atoms with Gasteiger partial charge in [-0.15, -0.1) is 0 Å². The zero-order chi connectivity index (χ0) is 18.2. The normalized spacial score (nSPS) is 20.4. The summed E-state index contributed by atoms with van der Waals surface area (Å²) < 4.78 is 10.7. The van der Waals surface area contributed by atoms with Crippen LogP contribution in [0.2, 0.25) is 0 Å². The lowest BCUT2D eigenvalue weighted by molar-refractivity contribution is -0.154. The van der Waals surface area contributed by atoms with Gasteiger partial charge in [-0.25, -0.2) is 0 Å². The molecule has 2 atom stereocenters. The molecule has 0 aromatic heterocycles. The molecule has 5 nitrogen and oxygen atoms in total. The van der Waals surface area contributed by atoms with Gasteiger partial charge < -0.3 is 9.47 Å². The fourth-order valence-corrected chi connectivity index (χ4v) is 3.16. The number of benzene rings is 1. The highest BCUT2D eigenvalue weighted by molar-refractivity contribution is 6.11. The summed E-state index contributed by atoms with van der Waals surface area (Å²) in [5.41, 5.74) is 0.792. The lowest BCUT2D eigenvalue weighted by Crippen LogP contribution is -2.38. The monoisotopic (exact) mass is 346 g/mol. The maximum atomic E-state index is 12.2. The summed E-state index contributed by atoms with van der Waals surface area (Å²) in [5.74, 6) is -1.61. The molecule has 0 N–H and O–H groups in total. The van der Waals surface area contributed by atoms with Gasteiger partial charge in [-0.3, -0.25) is 14.4 Å². The summed E-state index contributed by atoms with van der Waals surface area (Å²) in [5, 5.41) is 0. The van der Waals surface area contributed by atoms with Crippen LogP contribution >= 0.6 is 0 Å². The van der Waals surface area contributed by atoms with E-state index >= 15 is 0 Å². The van der Waals surface area contributed by atoms with E-state index in [1.165, 1.54) is 0 Å². The second-order valence-corrected chi connectivity index (χ2v) is 6.35. The van der Waals surface area contributed by atoms with Gasteiger partial charge in [-0.2, -0.15) is 0 Å². The average molecular weight is 346 g/mol. The van der Waals surface area contributed by atoms with E-state index in [1.54, 1.807) is 6.92 Å². The fraction of sp³-hybridized carbons (Fsp3) is 0.550. The van der Waals surface area contributed by atoms with Crippen molar-refractivity contribution in [2.24, 2.45) is 5.92 Å². The largest absolute Gasteiger partial charge is 0.494 e. The number of rotatable bonds is 8. The summed E-state index contributed by atoms with van der Waals surface area (Å²) >= 11 is 0. The van der Waals surface area contributed by atoms with Crippen LogP contribution in [0.5, 0.6) is 5.75 Å². The van der Waals surface area contributed by atoms with Gasteiger partial charge in [0, 0.05) is 12.3 Å². The first kappa shape index (κ1) is 19.2. The lowest BCUT2D eigenvalue weighted by Gasteiger charge is -2.28. The highest BCUT2D eigenvalue weighted by atomic mass is 16.5. The molecule has 0 heterocycles. The molecule has 0 saturated heterocycles. The molecule has 0 radical (unpaired) electrons. The van der Waals surface area contributed by atoms with Crippen LogP contribution in [0.4, 0.5) is 0 Å². The number of hydrogen-bond acceptors (Lipinski definition) is 5. The Kier molecular flexibility index (Phi) is 7.16. The van der Waals surface area contributed by atoms with Crippen molar-refractivity contribution in [2.45, 2.75) is 51.9 Å². The van der Waals surface area contributed by atoms with Crippen LogP contribution in [0.25, 0.3) is 0 Å². The molecule has 0 spiro atoms. The summed E-state index contributed by atoms with van der Waals surface area (Å²) in [4.78, 5) is 36.3. The lowest BCUT2D eigenvalue weighted by atomic mass is 9.74. The molecule has 0 bridgehead atoms. The van der Waals surface area contributed by atoms with Crippen molar-refractivity contribution < 1.29 is 23.9 Å². The molecule has 1 aromatic carbocycles. The highest BCUT2D eigenvalue weighted by Crippen LogP contribution is 2.36. The van der Waals surface area contributed by atoms with Crippen LogP contribution in [0.1, 0.15) is 57.4 Å². The number of hydrogen-bond donors (Lipinski definition) is 0. The predicted molar refractivity (Wildman–Crippen MR) is 93.6 cm³/mol. The van der Waals surface area contributed by atoms with Gasteiger partial charge in [0.25, 0.3) is 0 Å². The zero-order valence-corrected chi connectivity index (χ0v) is 15.0. The molecule has 1 aliphatic carbocycles. The number of carbonyl (C=O) groups is 3. The Hall–Kier alpha value is -2.17. The van der Waals surface area contributed by atoms with Crippen LogP contribution in [0, 0.1) is 5.92 Å². The van der Waals surface area contributed by atoms with Gasteiger partial charge in [-0.1, -0.05) is 31.9 Å². The average Bonchev–Trinajstić information content (AvgIpc) is 2.59. The van der Waals surface area contributed by atoms with Crippen LogP contribution in [0.3, 0.4) is 0 Å². The molecular formula is C20H26O5. The minimum absolute atomic E-state index is 0.129. The smallest absolute Gasteiger partial charge is 0.317 e. The quantitative estimate of drug-likeness (QED) is 0.410. The highest BCUT2D eigenvalue weighted by Gasteiger charge is 2.42. The van der Waals surface area contributed by atoms with Gasteiger partial charge >= 0.3 is 5.97 Å². The Balaban J connectivity index is 2.11. The zero-order valence-electron chi connectivity index (χ0n) is 15.0. The van der Waals surface area contributed by atoms with E-state index in [4.69, 9.17) is 9.47 Å². The maximum absolute atomic E-state index is 12.2. The third-order valence-corrected chi connectivity index (χ3v) is 4.43. The summed E-state index contributed by atoms with van der Waals surface area (Å²) in [7, 11) is 0. The Morgan fingerprint density at radius 2 is 1.84 bits per heavy atom. The molecule has 136 valence electrons. The first-order valence-corrected chi connectivity index (χ1v) is 9.00. The second-order valence-electron chi connectivity index (χ2n) is 6.35. The van der Waals surface area contributed by atoms with Crippen LogP contribution < -0.4 is 4.74 Å². The summed E-state index contributed by atoms with van der Waals surface area (Å²) in [6.45, 7) is 4.73. The van der Waals surface area contributed by atoms with Crippen molar-refractivity contribution in [3.8, 4) is 5.75 Å². The van der Waals surface area contributed by atoms with Gasteiger partial charge in [0.15, 0.2) is 5.78 Å². The van der Waals surface area contributed by atoms with Gasteiger partial charge in [0.2, 0.25) is 0 Å². The Labute approximate surface area is 148 Å². The van der Waals surface area contributed by atoms with Gasteiger partial charge in [0.05, 0.1) is 19.6 Å². The van der Waals surface area contributed by atoms with E-state index in [0.29, 0.717) is 6.61 Å². The van der Waals surface area contributed by atoms with E-state index in [9.17, 15) is 14.4 Å². The molecule has 0 aliphatic heterocycles. The molecule has 2 rings (SSSR count). The molecule has 0 unspecified atom stereocenters. The minimum atomic E-state index is -0.894. The molecule has 1 fully saturated rings. The van der Waals surface area contributed by atoms with E-state index < -0.39 is 17.8 Å². The van der Waals surface area contributed by atoms with E-state index in [1.807, 2.05) is 24.3 Å². The SMILES string of the molecule is CCCCCOc1ccc([C@H]2CC(=O)CC(=O)[C@@H]2C(=O)OCC)cc1. The maximum Gasteiger partial charge on any atom is 0.317 e. The first-order chi connectivity index (χ1) is 12.1. The molecule has 5 heteroatoms. The van der Waals surface area contributed by atoms with Gasteiger partial charge in [-0.05, 0) is 31.0 Å². The third-order valence-electron chi connectivity index (χ3n) is 4.43. The van der Waals surface area contributed by atoms with Crippen molar-refractivity contribution >= 4 is 17.5 Å². The standard InChI is InChI=1S/C20H26O5/c1-3-5-6-11-25-16-9-7-14(8-10-16)17-12-15(21)13-18(22)19(17)20(23)24-4-2/h7-10,17,19H,3-6,11-13H2,1-2H3/t17-,19-/m1/s1. The van der Waals surface area contributed by atoms with E-state index in [2.05, 4.69) is 6.92 Å². The number of unbranched alkanes of at least 4 members (excludes halogenated alkanes) is 2. The molecule has 1 aromatic rings. The third kappa shape index (κ3) is 5.15. The molecule has 0 amide bonds. The molecule has 25 heavy (non-hydrogen) atoms. The predicted octanol–water partition coefficient (Wildman–Crippen LogP) is 3.45. The molecule has 1 saturated carbocycles. The Morgan fingerprint density at radius 1 is 1.12 bits per heavy atom. The number of esters is 1. The minimum Gasteiger partial charge on any atom is -0.494 e. The molecular weight excluding hydrogens is 320 g/mol. The number of ketones is 2. The van der Waals surface area contributed by atoms with Crippen LogP contribution in [-0.4, -0.2) is 30.7 Å². The summed E-state index contributed by atoms with van der Waals surface area (Å²) in [6, 6.07) is 7.32. The van der Waals surface area contributed by atoms with Crippen LogP contribution in [0.15, 0.2) is 24.3 Å². The van der Waals surface area contributed by atoms with Crippen molar-refractivity contribution in [2.75, 3.05) is 13.2 Å².